The number of carbonyl (C=O) groups is 2. The molecular weight excluding hydrogens is 352 g/mol. The number of rotatable bonds is 6. The van der Waals surface area contributed by atoms with Crippen molar-refractivity contribution in [1.82, 2.24) is 9.88 Å². The van der Waals surface area contributed by atoms with E-state index in [1.807, 2.05) is 29.2 Å². The molecule has 0 bridgehead atoms. The summed E-state index contributed by atoms with van der Waals surface area (Å²) in [6.07, 6.45) is 5.07. The minimum Gasteiger partial charge on any atom is -0.497 e. The van der Waals surface area contributed by atoms with Crippen LogP contribution in [0.2, 0.25) is 0 Å². The van der Waals surface area contributed by atoms with Crippen LogP contribution in [-0.4, -0.2) is 46.6 Å². The number of aliphatic carboxylic acids is 1. The smallest absolute Gasteiger partial charge is 0.303 e. The van der Waals surface area contributed by atoms with Gasteiger partial charge in [0.2, 0.25) is 0 Å². The maximum absolute atomic E-state index is 12.9. The molecule has 7 heteroatoms. The monoisotopic (exact) mass is 374 g/mol. The van der Waals surface area contributed by atoms with Gasteiger partial charge < -0.3 is 14.7 Å². The Morgan fingerprint density at radius 2 is 2.08 bits per heavy atom. The van der Waals surface area contributed by atoms with Crippen molar-refractivity contribution in [3.05, 3.63) is 35.3 Å². The first kappa shape index (κ1) is 18.4. The van der Waals surface area contributed by atoms with E-state index in [2.05, 4.69) is 4.98 Å². The van der Waals surface area contributed by atoms with Crippen molar-refractivity contribution in [2.24, 2.45) is 0 Å². The number of thiazole rings is 1. The summed E-state index contributed by atoms with van der Waals surface area (Å²) in [4.78, 5) is 30.6. The molecule has 1 amide bonds. The highest BCUT2D eigenvalue weighted by molar-refractivity contribution is 7.16. The molecular formula is C19H22N2O4S. The zero-order chi connectivity index (χ0) is 18.5. The van der Waals surface area contributed by atoms with Crippen LogP contribution in [0.1, 0.15) is 41.8 Å². The zero-order valence-corrected chi connectivity index (χ0v) is 15.5. The maximum atomic E-state index is 12.9. The average molecular weight is 374 g/mol. The van der Waals surface area contributed by atoms with E-state index in [4.69, 9.17) is 9.84 Å². The van der Waals surface area contributed by atoms with Gasteiger partial charge in [-0.25, -0.2) is 4.98 Å². The number of aromatic nitrogens is 1. The molecule has 1 aliphatic heterocycles. The van der Waals surface area contributed by atoms with Crippen LogP contribution < -0.4 is 4.74 Å². The van der Waals surface area contributed by atoms with Gasteiger partial charge in [0.25, 0.3) is 5.91 Å². The third kappa shape index (κ3) is 4.22. The summed E-state index contributed by atoms with van der Waals surface area (Å²) in [5, 5.41) is 9.72. The lowest BCUT2D eigenvalue weighted by atomic mass is 9.97. The summed E-state index contributed by atoms with van der Waals surface area (Å²) in [5.74, 6) is -0.0869. The Labute approximate surface area is 156 Å². The Hall–Kier alpha value is -2.41. The fourth-order valence-electron chi connectivity index (χ4n) is 3.24. The molecule has 2 aromatic rings. The van der Waals surface area contributed by atoms with Gasteiger partial charge in [-0.05, 0) is 49.9 Å². The van der Waals surface area contributed by atoms with Crippen molar-refractivity contribution in [3.8, 4) is 16.3 Å². The van der Waals surface area contributed by atoms with Crippen molar-refractivity contribution < 1.29 is 19.4 Å². The molecule has 138 valence electrons. The van der Waals surface area contributed by atoms with Gasteiger partial charge in [-0.15, -0.1) is 11.3 Å². The number of hydrogen-bond donors (Lipinski definition) is 1. The predicted octanol–water partition coefficient (Wildman–Crippen LogP) is 3.68. The molecule has 6 nitrogen and oxygen atoms in total. The van der Waals surface area contributed by atoms with Crippen LogP contribution in [0.25, 0.3) is 10.6 Å². The minimum atomic E-state index is -0.817. The Kier molecular flexibility index (Phi) is 5.88. The summed E-state index contributed by atoms with van der Waals surface area (Å²) in [6.45, 7) is 0.679. The Morgan fingerprint density at radius 1 is 1.31 bits per heavy atom. The highest BCUT2D eigenvalue weighted by Gasteiger charge is 2.29. The zero-order valence-electron chi connectivity index (χ0n) is 14.7. The van der Waals surface area contributed by atoms with E-state index in [0.717, 1.165) is 35.6 Å². The number of nitrogens with zero attached hydrogens (tertiary/aromatic N) is 2. The Morgan fingerprint density at radius 3 is 2.77 bits per heavy atom. The summed E-state index contributed by atoms with van der Waals surface area (Å²) < 4.78 is 5.16. The molecule has 1 atom stereocenters. The Bertz CT molecular complexity index is 772. The molecule has 0 spiro atoms. The second-order valence-corrected chi connectivity index (χ2v) is 7.37. The number of amides is 1. The predicted molar refractivity (Wildman–Crippen MR) is 99.6 cm³/mol. The van der Waals surface area contributed by atoms with Gasteiger partial charge in [0, 0.05) is 24.6 Å². The van der Waals surface area contributed by atoms with E-state index in [9.17, 15) is 9.59 Å². The quantitative estimate of drug-likeness (QED) is 0.834. The molecule has 1 saturated heterocycles. The number of carbonyl (C=O) groups excluding carboxylic acids is 1. The van der Waals surface area contributed by atoms with Crippen molar-refractivity contribution in [1.29, 1.82) is 0 Å². The number of carboxylic acids is 1. The maximum Gasteiger partial charge on any atom is 0.303 e. The van der Waals surface area contributed by atoms with E-state index in [-0.39, 0.29) is 18.4 Å². The van der Waals surface area contributed by atoms with Crippen molar-refractivity contribution in [2.75, 3.05) is 13.7 Å². The number of likely N-dealkylation sites (tertiary alicyclic amines) is 1. The van der Waals surface area contributed by atoms with E-state index in [1.54, 1.807) is 13.3 Å². The third-order valence-corrected chi connectivity index (χ3v) is 5.67. The van der Waals surface area contributed by atoms with Crippen LogP contribution in [0.5, 0.6) is 5.75 Å². The van der Waals surface area contributed by atoms with Crippen molar-refractivity contribution >= 4 is 23.2 Å². The highest BCUT2D eigenvalue weighted by atomic mass is 32.1. The van der Waals surface area contributed by atoms with E-state index in [0.29, 0.717) is 17.8 Å². The van der Waals surface area contributed by atoms with Crippen LogP contribution in [0.4, 0.5) is 0 Å². The van der Waals surface area contributed by atoms with Crippen LogP contribution in [-0.2, 0) is 4.79 Å². The molecule has 2 heterocycles. The van der Waals surface area contributed by atoms with Crippen LogP contribution in [0, 0.1) is 0 Å². The molecule has 3 rings (SSSR count). The summed E-state index contributed by atoms with van der Waals surface area (Å²) in [5.41, 5.74) is 0.941. The number of benzene rings is 1. The number of methoxy groups -OCH3 is 1. The number of ether oxygens (including phenoxy) is 1. The standard InChI is InChI=1S/C19H22N2O4S/c1-25-15-8-5-13(6-9-15)18-20-12-16(26-18)19(24)21-11-3-2-4-14(21)7-10-17(22)23/h5-6,8-9,12,14H,2-4,7,10-11H2,1H3,(H,22,23)/t14-/m1/s1. The first-order valence-corrected chi connectivity index (χ1v) is 9.53. The molecule has 26 heavy (non-hydrogen) atoms. The molecule has 0 aliphatic carbocycles. The molecule has 1 aromatic carbocycles. The van der Waals surface area contributed by atoms with Crippen LogP contribution in [0.15, 0.2) is 30.5 Å². The fraction of sp³-hybridized carbons (Fsp3) is 0.421. The largest absolute Gasteiger partial charge is 0.497 e. The topological polar surface area (TPSA) is 79.7 Å². The second-order valence-electron chi connectivity index (χ2n) is 6.34. The third-order valence-electron chi connectivity index (χ3n) is 4.63. The molecule has 0 radical (unpaired) electrons. The van der Waals surface area contributed by atoms with Crippen LogP contribution >= 0.6 is 11.3 Å². The van der Waals surface area contributed by atoms with E-state index in [1.165, 1.54) is 11.3 Å². The molecule has 1 aromatic heterocycles. The van der Waals surface area contributed by atoms with Gasteiger partial charge in [-0.1, -0.05) is 0 Å². The number of hydrogen-bond acceptors (Lipinski definition) is 5. The number of carboxylic acid groups (broad SMARTS) is 1. The summed E-state index contributed by atoms with van der Waals surface area (Å²) in [6, 6.07) is 7.57. The molecule has 1 aliphatic rings. The second kappa shape index (κ2) is 8.31. The van der Waals surface area contributed by atoms with Gasteiger partial charge in [0.1, 0.15) is 15.6 Å². The highest BCUT2D eigenvalue weighted by Crippen LogP contribution is 2.29. The normalized spacial score (nSPS) is 17.1. The summed E-state index contributed by atoms with van der Waals surface area (Å²) >= 11 is 1.37. The van der Waals surface area contributed by atoms with E-state index >= 15 is 0 Å². The van der Waals surface area contributed by atoms with E-state index < -0.39 is 5.97 Å². The van der Waals surface area contributed by atoms with Gasteiger partial charge in [0.15, 0.2) is 0 Å². The Balaban J connectivity index is 1.74. The molecule has 0 saturated carbocycles. The van der Waals surface area contributed by atoms with Crippen molar-refractivity contribution in [3.63, 3.8) is 0 Å². The van der Waals surface area contributed by atoms with Gasteiger partial charge >= 0.3 is 5.97 Å². The first-order valence-electron chi connectivity index (χ1n) is 8.71. The lowest BCUT2D eigenvalue weighted by molar-refractivity contribution is -0.137. The molecule has 0 unspecified atom stereocenters. The molecule has 1 N–H and O–H groups in total. The van der Waals surface area contributed by atoms with Crippen LogP contribution in [0.3, 0.4) is 0 Å². The average Bonchev–Trinajstić information content (AvgIpc) is 3.16. The van der Waals surface area contributed by atoms with Gasteiger partial charge in [0.05, 0.1) is 13.3 Å². The molecule has 1 fully saturated rings. The lowest BCUT2D eigenvalue weighted by Gasteiger charge is -2.35. The fourth-order valence-corrected chi connectivity index (χ4v) is 4.12. The summed E-state index contributed by atoms with van der Waals surface area (Å²) in [7, 11) is 1.62. The number of piperidine rings is 1. The van der Waals surface area contributed by atoms with Gasteiger partial charge in [-0.3, -0.25) is 9.59 Å². The van der Waals surface area contributed by atoms with Crippen molar-refractivity contribution in [2.45, 2.75) is 38.1 Å². The first-order chi connectivity index (χ1) is 12.6. The van der Waals surface area contributed by atoms with Gasteiger partial charge in [-0.2, -0.15) is 0 Å². The SMILES string of the molecule is COc1ccc(-c2ncc(C(=O)N3CCCC[C@@H]3CCC(=O)O)s2)cc1. The minimum absolute atomic E-state index is 0.00103. The lowest BCUT2D eigenvalue weighted by Crippen LogP contribution is -2.43.